The van der Waals surface area contributed by atoms with Gasteiger partial charge < -0.3 is 14.0 Å². The van der Waals surface area contributed by atoms with Crippen LogP contribution in [0.5, 0.6) is 11.5 Å². The van der Waals surface area contributed by atoms with Crippen molar-refractivity contribution in [1.82, 2.24) is 19.3 Å². The molecule has 0 spiro atoms. The third-order valence-corrected chi connectivity index (χ3v) is 7.27. The topological polar surface area (TPSA) is 123 Å². The molecule has 1 aromatic heterocycles. The Morgan fingerprint density at radius 1 is 1.18 bits per heavy atom. The number of carbonyl (C=O) groups excluding carboxylic acids is 1. The SMILES string of the molecule is C[C@@H](OCc1nccn1C)C(C(=O)NO)N(C)S(=O)(=O)c1ccc(Oc2ccc(Cl)cc2)cc1. The second-order valence-electron chi connectivity index (χ2n) is 7.44. The van der Waals surface area contributed by atoms with Crippen LogP contribution in [0.1, 0.15) is 12.7 Å². The van der Waals surface area contributed by atoms with Gasteiger partial charge in [0.25, 0.3) is 5.91 Å². The Morgan fingerprint density at radius 2 is 1.76 bits per heavy atom. The lowest BCUT2D eigenvalue weighted by atomic mass is 10.2. The average molecular weight is 509 g/mol. The number of benzene rings is 2. The van der Waals surface area contributed by atoms with E-state index in [2.05, 4.69) is 4.98 Å². The molecule has 0 saturated heterocycles. The maximum Gasteiger partial charge on any atom is 0.264 e. The van der Waals surface area contributed by atoms with E-state index in [0.717, 1.165) is 4.31 Å². The quantitative estimate of drug-likeness (QED) is 0.319. The van der Waals surface area contributed by atoms with Crippen molar-refractivity contribution >= 4 is 27.5 Å². The van der Waals surface area contributed by atoms with Crippen LogP contribution < -0.4 is 10.2 Å². The molecule has 3 rings (SSSR count). The molecule has 34 heavy (non-hydrogen) atoms. The van der Waals surface area contributed by atoms with E-state index in [4.69, 9.17) is 21.1 Å². The summed E-state index contributed by atoms with van der Waals surface area (Å²) in [6.07, 6.45) is 2.42. The molecular weight excluding hydrogens is 484 g/mol. The molecular formula is C22H25ClN4O6S. The van der Waals surface area contributed by atoms with Gasteiger partial charge in [-0.3, -0.25) is 10.0 Å². The zero-order valence-corrected chi connectivity index (χ0v) is 20.3. The van der Waals surface area contributed by atoms with E-state index in [9.17, 15) is 18.4 Å². The zero-order chi connectivity index (χ0) is 24.9. The monoisotopic (exact) mass is 508 g/mol. The van der Waals surface area contributed by atoms with Crippen LogP contribution in [0.3, 0.4) is 0 Å². The maximum atomic E-state index is 13.2. The molecule has 0 aliphatic heterocycles. The summed E-state index contributed by atoms with van der Waals surface area (Å²) in [4.78, 5) is 16.5. The van der Waals surface area contributed by atoms with E-state index in [-0.39, 0.29) is 11.5 Å². The highest BCUT2D eigenvalue weighted by molar-refractivity contribution is 7.89. The highest BCUT2D eigenvalue weighted by Crippen LogP contribution is 2.26. The van der Waals surface area contributed by atoms with Gasteiger partial charge in [-0.05, 0) is 55.5 Å². The molecule has 12 heteroatoms. The number of rotatable bonds is 10. The van der Waals surface area contributed by atoms with E-state index in [1.807, 2.05) is 0 Å². The summed E-state index contributed by atoms with van der Waals surface area (Å²) in [5.41, 5.74) is 1.52. The molecule has 182 valence electrons. The molecule has 0 fully saturated rings. The van der Waals surface area contributed by atoms with Crippen LogP contribution in [0.4, 0.5) is 0 Å². The molecule has 0 radical (unpaired) electrons. The number of aromatic nitrogens is 2. The number of hydroxylamine groups is 1. The van der Waals surface area contributed by atoms with Crippen molar-refractivity contribution in [3.8, 4) is 11.5 Å². The molecule has 10 nitrogen and oxygen atoms in total. The van der Waals surface area contributed by atoms with Crippen LogP contribution in [0.2, 0.25) is 5.02 Å². The van der Waals surface area contributed by atoms with Gasteiger partial charge in [-0.25, -0.2) is 18.9 Å². The largest absolute Gasteiger partial charge is 0.457 e. The van der Waals surface area contributed by atoms with Crippen LogP contribution in [0, 0.1) is 0 Å². The number of amides is 1. The number of nitrogens with zero attached hydrogens (tertiary/aromatic N) is 3. The van der Waals surface area contributed by atoms with Crippen LogP contribution in [-0.2, 0) is 33.2 Å². The molecule has 1 amide bonds. The molecule has 0 aliphatic rings. The average Bonchev–Trinajstić information content (AvgIpc) is 3.24. The number of imidazole rings is 1. The fourth-order valence-electron chi connectivity index (χ4n) is 3.21. The van der Waals surface area contributed by atoms with Gasteiger partial charge in [0, 0.05) is 31.5 Å². The van der Waals surface area contributed by atoms with Gasteiger partial charge in [-0.15, -0.1) is 0 Å². The van der Waals surface area contributed by atoms with Crippen LogP contribution in [-0.4, -0.2) is 52.6 Å². The van der Waals surface area contributed by atoms with Gasteiger partial charge in [-0.1, -0.05) is 11.6 Å². The van der Waals surface area contributed by atoms with E-state index in [1.54, 1.807) is 48.3 Å². The van der Waals surface area contributed by atoms with Crippen molar-refractivity contribution in [2.45, 2.75) is 30.6 Å². The number of likely N-dealkylation sites (N-methyl/N-ethyl adjacent to an activating group) is 1. The standard InChI is InChI=1S/C22H25ClN4O6S/c1-15(32-14-20-24-12-13-26(20)2)21(22(28)25-29)27(3)34(30,31)19-10-8-18(9-11-19)33-17-6-4-16(23)5-7-17/h4-13,15,21,29H,14H2,1-3H3,(H,25,28)/t15-,21?/m1/s1. The minimum atomic E-state index is -4.13. The Morgan fingerprint density at radius 3 is 2.29 bits per heavy atom. The summed E-state index contributed by atoms with van der Waals surface area (Å²) in [7, 11) is -1.10. The Balaban J connectivity index is 1.76. The first-order chi connectivity index (χ1) is 16.1. The van der Waals surface area contributed by atoms with Crippen molar-refractivity contribution in [1.29, 1.82) is 0 Å². The van der Waals surface area contributed by atoms with Gasteiger partial charge in [0.05, 0.1) is 11.0 Å². The molecule has 0 saturated carbocycles. The van der Waals surface area contributed by atoms with Gasteiger partial charge in [0.1, 0.15) is 30.0 Å². The lowest BCUT2D eigenvalue weighted by molar-refractivity contribution is -0.138. The first-order valence-electron chi connectivity index (χ1n) is 10.2. The van der Waals surface area contributed by atoms with Crippen molar-refractivity contribution in [2.24, 2.45) is 7.05 Å². The molecule has 2 aromatic carbocycles. The summed E-state index contributed by atoms with van der Waals surface area (Å²) < 4.78 is 40.4. The van der Waals surface area contributed by atoms with Gasteiger partial charge >= 0.3 is 0 Å². The summed E-state index contributed by atoms with van der Waals surface area (Å²) >= 11 is 5.86. The maximum absolute atomic E-state index is 13.2. The number of halogens is 1. The molecule has 1 unspecified atom stereocenters. The van der Waals surface area contributed by atoms with E-state index < -0.39 is 28.1 Å². The van der Waals surface area contributed by atoms with Crippen molar-refractivity contribution < 1.29 is 27.9 Å². The summed E-state index contributed by atoms with van der Waals surface area (Å²) in [6.45, 7) is 1.59. The fraction of sp³-hybridized carbons (Fsp3) is 0.273. The van der Waals surface area contributed by atoms with Crippen LogP contribution in [0.15, 0.2) is 65.8 Å². The highest BCUT2D eigenvalue weighted by Gasteiger charge is 2.37. The van der Waals surface area contributed by atoms with Crippen molar-refractivity contribution in [3.05, 3.63) is 71.8 Å². The second kappa shape index (κ2) is 11.0. The minimum absolute atomic E-state index is 0.0461. The van der Waals surface area contributed by atoms with Crippen molar-refractivity contribution in [2.75, 3.05) is 7.05 Å². The third kappa shape index (κ3) is 5.93. The fourth-order valence-corrected chi connectivity index (χ4v) is 4.71. The number of nitrogens with one attached hydrogen (secondary N) is 1. The molecule has 2 N–H and O–H groups in total. The normalized spacial score (nSPS) is 13.5. The van der Waals surface area contributed by atoms with Gasteiger partial charge in [0.15, 0.2) is 0 Å². The van der Waals surface area contributed by atoms with E-state index in [1.165, 1.54) is 43.7 Å². The number of carbonyl (C=O) groups is 1. The summed E-state index contributed by atoms with van der Waals surface area (Å²) in [6, 6.07) is 11.1. The molecule has 3 aromatic rings. The molecule has 0 aliphatic carbocycles. The molecule has 2 atom stereocenters. The predicted molar refractivity (Wildman–Crippen MR) is 124 cm³/mol. The number of sulfonamides is 1. The smallest absolute Gasteiger partial charge is 0.264 e. The van der Waals surface area contributed by atoms with Gasteiger partial charge in [0.2, 0.25) is 10.0 Å². The second-order valence-corrected chi connectivity index (χ2v) is 9.87. The first-order valence-corrected chi connectivity index (χ1v) is 12.0. The number of aryl methyl sites for hydroxylation is 1. The Labute approximate surface area is 202 Å². The van der Waals surface area contributed by atoms with E-state index >= 15 is 0 Å². The highest BCUT2D eigenvalue weighted by atomic mass is 35.5. The van der Waals surface area contributed by atoms with E-state index in [0.29, 0.717) is 22.3 Å². The van der Waals surface area contributed by atoms with Crippen molar-refractivity contribution in [3.63, 3.8) is 0 Å². The van der Waals surface area contributed by atoms with Crippen LogP contribution >= 0.6 is 11.6 Å². The predicted octanol–water partition coefficient (Wildman–Crippen LogP) is 2.97. The lowest BCUT2D eigenvalue weighted by Crippen LogP contribution is -2.53. The Kier molecular flexibility index (Phi) is 8.28. The Hall–Kier alpha value is -2.96. The zero-order valence-electron chi connectivity index (χ0n) is 18.8. The third-order valence-electron chi connectivity index (χ3n) is 5.16. The molecule has 1 heterocycles. The number of hydrogen-bond donors (Lipinski definition) is 2. The van der Waals surface area contributed by atoms with Gasteiger partial charge in [-0.2, -0.15) is 4.31 Å². The molecule has 0 bridgehead atoms. The number of ether oxygens (including phenoxy) is 2. The van der Waals surface area contributed by atoms with Crippen LogP contribution in [0.25, 0.3) is 0 Å². The summed E-state index contributed by atoms with van der Waals surface area (Å²) in [5.74, 6) is 0.619. The Bertz CT molecular complexity index is 1210. The number of hydrogen-bond acceptors (Lipinski definition) is 7. The minimum Gasteiger partial charge on any atom is -0.457 e. The first kappa shape index (κ1) is 25.7. The summed E-state index contributed by atoms with van der Waals surface area (Å²) in [5, 5.41) is 9.78. The lowest BCUT2D eigenvalue weighted by Gasteiger charge is -2.30.